The molecule has 0 saturated carbocycles. The van der Waals surface area contributed by atoms with Crippen molar-refractivity contribution in [3.63, 3.8) is 0 Å². The van der Waals surface area contributed by atoms with E-state index in [-0.39, 0.29) is 6.03 Å². The molecule has 7 nitrogen and oxygen atoms in total. The number of hydrogen-bond acceptors (Lipinski definition) is 5. The van der Waals surface area contributed by atoms with E-state index in [2.05, 4.69) is 38.9 Å². The van der Waals surface area contributed by atoms with Gasteiger partial charge < -0.3 is 4.74 Å². The number of rotatable bonds is 5. The minimum Gasteiger partial charge on any atom is -0.473 e. The van der Waals surface area contributed by atoms with Crippen molar-refractivity contribution >= 4 is 27.6 Å². The van der Waals surface area contributed by atoms with Gasteiger partial charge in [-0.15, -0.1) is 11.1 Å². The van der Waals surface area contributed by atoms with Crippen LogP contribution in [0.4, 0.5) is 10.5 Å². The molecule has 1 saturated heterocycles. The summed E-state index contributed by atoms with van der Waals surface area (Å²) >= 11 is 3.43. The summed E-state index contributed by atoms with van der Waals surface area (Å²) in [6.45, 7) is 4.31. The van der Waals surface area contributed by atoms with E-state index in [1.54, 1.807) is 7.05 Å². The molecule has 1 aliphatic heterocycles. The van der Waals surface area contributed by atoms with E-state index in [0.717, 1.165) is 33.4 Å². The second kappa shape index (κ2) is 7.38. The van der Waals surface area contributed by atoms with Gasteiger partial charge in [0.2, 0.25) is 5.88 Å². The number of urea groups is 1. The van der Waals surface area contributed by atoms with E-state index in [4.69, 9.17) is 4.74 Å². The zero-order valence-corrected chi connectivity index (χ0v) is 15.9. The minimum atomic E-state index is -0.188. The predicted octanol–water partition coefficient (Wildman–Crippen LogP) is 3.09. The molecule has 0 unspecified atom stereocenters. The van der Waals surface area contributed by atoms with Crippen molar-refractivity contribution in [1.29, 1.82) is 0 Å². The highest BCUT2D eigenvalue weighted by molar-refractivity contribution is 9.10. The number of pyridine rings is 1. The molecule has 3 rings (SSSR count). The van der Waals surface area contributed by atoms with Crippen molar-refractivity contribution in [2.24, 2.45) is 0 Å². The molecule has 8 heteroatoms. The number of amides is 2. The smallest absolute Gasteiger partial charge is 0.355 e. The molecule has 1 fully saturated rings. The second-order valence-corrected chi connectivity index (χ2v) is 6.53. The fraction of sp³-hybridized carbons (Fsp3) is 0.294. The van der Waals surface area contributed by atoms with Crippen molar-refractivity contribution in [1.82, 2.24) is 21.1 Å². The molecule has 2 heterocycles. The first-order valence-electron chi connectivity index (χ1n) is 7.97. The molecular weight excluding hydrogens is 386 g/mol. The first-order chi connectivity index (χ1) is 12.0. The molecule has 1 aromatic carbocycles. The zero-order valence-electron chi connectivity index (χ0n) is 14.3. The topological polar surface area (TPSA) is 69.7 Å². The zero-order chi connectivity index (χ0) is 18.0. The molecule has 0 aliphatic carbocycles. The number of hydrogen-bond donors (Lipinski definition) is 2. The van der Waals surface area contributed by atoms with Gasteiger partial charge in [-0.25, -0.2) is 19.8 Å². The number of aromatic nitrogens is 1. The van der Waals surface area contributed by atoms with Crippen molar-refractivity contribution in [2.45, 2.75) is 26.9 Å². The lowest BCUT2D eigenvalue weighted by Crippen LogP contribution is -2.38. The normalized spacial score (nSPS) is 14.3. The standard InChI is InChI=1S/C17H20BrN5O2/c1-4-12-6-5-7-15(23-17(24)22(3)20-21-23)13(12)10-25-16-9-8-14(18)11(2)19-16/h5-9,20-21H,4,10H2,1-3H3. The van der Waals surface area contributed by atoms with Crippen LogP contribution in [0, 0.1) is 6.92 Å². The SMILES string of the molecule is CCc1cccc(N2NNN(C)C2=O)c1COc1ccc(Br)c(C)n1. The highest BCUT2D eigenvalue weighted by atomic mass is 79.9. The maximum atomic E-state index is 12.3. The van der Waals surface area contributed by atoms with Crippen LogP contribution in [-0.2, 0) is 13.0 Å². The Hall–Kier alpha value is -2.16. The van der Waals surface area contributed by atoms with Crippen molar-refractivity contribution in [3.8, 4) is 5.88 Å². The van der Waals surface area contributed by atoms with Crippen LogP contribution in [0.1, 0.15) is 23.7 Å². The predicted molar refractivity (Wildman–Crippen MR) is 98.7 cm³/mol. The Morgan fingerprint density at radius 2 is 2.04 bits per heavy atom. The van der Waals surface area contributed by atoms with E-state index >= 15 is 0 Å². The number of hydrazine groups is 3. The van der Waals surface area contributed by atoms with Gasteiger partial charge in [0.25, 0.3) is 0 Å². The third kappa shape index (κ3) is 3.60. The number of anilines is 1. The summed E-state index contributed by atoms with van der Waals surface area (Å²) in [5.41, 5.74) is 9.33. The second-order valence-electron chi connectivity index (χ2n) is 5.67. The molecular formula is C17H20BrN5O2. The van der Waals surface area contributed by atoms with Crippen LogP contribution in [0.3, 0.4) is 0 Å². The third-order valence-electron chi connectivity index (χ3n) is 4.04. The van der Waals surface area contributed by atoms with Crippen molar-refractivity contribution in [2.75, 3.05) is 12.1 Å². The molecule has 1 aliphatic rings. The Bertz CT molecular complexity index is 799. The van der Waals surface area contributed by atoms with Gasteiger partial charge in [0.1, 0.15) is 6.61 Å². The lowest BCUT2D eigenvalue weighted by molar-refractivity contribution is 0.214. The number of aryl methyl sites for hydroxylation is 2. The molecule has 2 N–H and O–H groups in total. The lowest BCUT2D eigenvalue weighted by Gasteiger charge is -2.20. The van der Waals surface area contributed by atoms with Crippen LogP contribution < -0.4 is 20.8 Å². The number of ether oxygens (including phenoxy) is 1. The molecule has 0 bridgehead atoms. The van der Waals surface area contributed by atoms with Gasteiger partial charge in [-0.3, -0.25) is 0 Å². The van der Waals surface area contributed by atoms with Gasteiger partial charge in [-0.1, -0.05) is 19.1 Å². The Morgan fingerprint density at radius 3 is 2.68 bits per heavy atom. The number of carbonyl (C=O) groups is 1. The van der Waals surface area contributed by atoms with Gasteiger partial charge in [0.15, 0.2) is 0 Å². The van der Waals surface area contributed by atoms with Gasteiger partial charge in [-0.05, 0) is 47.0 Å². The average Bonchev–Trinajstić information content (AvgIpc) is 2.94. The summed E-state index contributed by atoms with van der Waals surface area (Å²) in [6.07, 6.45) is 0.838. The van der Waals surface area contributed by atoms with Gasteiger partial charge in [0.05, 0.1) is 11.4 Å². The molecule has 25 heavy (non-hydrogen) atoms. The first-order valence-corrected chi connectivity index (χ1v) is 8.76. The van der Waals surface area contributed by atoms with Gasteiger partial charge >= 0.3 is 6.03 Å². The highest BCUT2D eigenvalue weighted by Gasteiger charge is 2.29. The summed E-state index contributed by atoms with van der Waals surface area (Å²) in [7, 11) is 1.66. The fourth-order valence-electron chi connectivity index (χ4n) is 2.61. The summed E-state index contributed by atoms with van der Waals surface area (Å²) in [4.78, 5) is 16.7. The fourth-order valence-corrected chi connectivity index (χ4v) is 2.83. The van der Waals surface area contributed by atoms with E-state index in [1.165, 1.54) is 10.0 Å². The lowest BCUT2D eigenvalue weighted by atomic mass is 10.0. The first kappa shape index (κ1) is 17.7. The van der Waals surface area contributed by atoms with E-state index in [0.29, 0.717) is 12.5 Å². The Labute approximate surface area is 155 Å². The van der Waals surface area contributed by atoms with Crippen LogP contribution in [-0.4, -0.2) is 23.1 Å². The monoisotopic (exact) mass is 405 g/mol. The van der Waals surface area contributed by atoms with E-state index < -0.39 is 0 Å². The minimum absolute atomic E-state index is 0.188. The van der Waals surface area contributed by atoms with Crippen LogP contribution in [0.15, 0.2) is 34.8 Å². The van der Waals surface area contributed by atoms with Crippen LogP contribution in [0.5, 0.6) is 5.88 Å². The van der Waals surface area contributed by atoms with E-state index in [1.807, 2.05) is 37.3 Å². The van der Waals surface area contributed by atoms with Crippen molar-refractivity contribution in [3.05, 3.63) is 51.6 Å². The van der Waals surface area contributed by atoms with E-state index in [9.17, 15) is 4.79 Å². The Kier molecular flexibility index (Phi) is 5.22. The molecule has 0 atom stereocenters. The number of benzene rings is 1. The number of halogens is 1. The molecule has 2 amide bonds. The largest absolute Gasteiger partial charge is 0.473 e. The molecule has 2 aromatic rings. The Balaban J connectivity index is 1.88. The summed E-state index contributed by atoms with van der Waals surface area (Å²) in [6, 6.07) is 9.41. The molecule has 0 spiro atoms. The highest BCUT2D eigenvalue weighted by Crippen LogP contribution is 2.27. The van der Waals surface area contributed by atoms with Crippen molar-refractivity contribution < 1.29 is 9.53 Å². The molecule has 0 radical (unpaired) electrons. The summed E-state index contributed by atoms with van der Waals surface area (Å²) in [5, 5.41) is 2.85. The number of nitrogens with zero attached hydrogens (tertiary/aromatic N) is 3. The van der Waals surface area contributed by atoms with Crippen LogP contribution in [0.2, 0.25) is 0 Å². The summed E-state index contributed by atoms with van der Waals surface area (Å²) < 4.78 is 6.84. The number of carbonyl (C=O) groups excluding carboxylic acids is 1. The maximum Gasteiger partial charge on any atom is 0.355 e. The van der Waals surface area contributed by atoms with Crippen LogP contribution >= 0.6 is 15.9 Å². The molecule has 132 valence electrons. The summed E-state index contributed by atoms with van der Waals surface area (Å²) in [5.74, 6) is 0.550. The van der Waals surface area contributed by atoms with Crippen LogP contribution in [0.25, 0.3) is 0 Å². The number of nitrogens with one attached hydrogen (secondary N) is 2. The molecule has 1 aromatic heterocycles. The quantitative estimate of drug-likeness (QED) is 0.799. The average molecular weight is 406 g/mol. The van der Waals surface area contributed by atoms with Gasteiger partial charge in [0, 0.05) is 23.2 Å². The van der Waals surface area contributed by atoms with Gasteiger partial charge in [-0.2, -0.15) is 0 Å². The third-order valence-corrected chi connectivity index (χ3v) is 4.88. The maximum absolute atomic E-state index is 12.3. The Morgan fingerprint density at radius 1 is 1.24 bits per heavy atom.